The molecule has 1 unspecified atom stereocenters. The quantitative estimate of drug-likeness (QED) is 0.279. The van der Waals surface area contributed by atoms with Crippen LogP contribution in [0.5, 0.6) is 0 Å². The van der Waals surface area contributed by atoms with Crippen LogP contribution < -0.4 is 0 Å². The second-order valence-electron chi connectivity index (χ2n) is 6.16. The van der Waals surface area contributed by atoms with Crippen molar-refractivity contribution in [2.24, 2.45) is 0 Å². The van der Waals surface area contributed by atoms with Gasteiger partial charge in [-0.05, 0) is 0 Å². The highest BCUT2D eigenvalue weighted by molar-refractivity contribution is 5.14. The molecule has 0 heterocycles. The number of rotatable bonds is 13. The summed E-state index contributed by atoms with van der Waals surface area (Å²) in [6.45, 7) is -3.96. The summed E-state index contributed by atoms with van der Waals surface area (Å²) in [5, 5.41) is 17.1. The summed E-state index contributed by atoms with van der Waals surface area (Å²) in [5.74, 6) is -54.7. The first-order valence-electron chi connectivity index (χ1n) is 7.69. The molecule has 2 N–H and O–H groups in total. The van der Waals surface area contributed by atoms with Crippen LogP contribution in [0.15, 0.2) is 0 Å². The van der Waals surface area contributed by atoms with Crippen LogP contribution in [0.4, 0.5) is 70.2 Å². The normalized spacial score (nSPS) is 16.6. The Labute approximate surface area is 166 Å². The number of halogens is 16. The number of hydrogen-bond donors (Lipinski definition) is 2. The van der Waals surface area contributed by atoms with Gasteiger partial charge in [-0.3, -0.25) is 0 Å². The maximum Gasteiger partial charge on any atom is 0.384 e. The lowest BCUT2D eigenvalue weighted by molar-refractivity contribution is -0.447. The molecule has 0 aliphatic carbocycles. The molecule has 0 aliphatic heterocycles. The molecule has 0 radical (unpaired) electrons. The van der Waals surface area contributed by atoms with Gasteiger partial charge in [-0.1, -0.05) is 0 Å². The van der Waals surface area contributed by atoms with Crippen LogP contribution in [0.25, 0.3) is 0 Å². The van der Waals surface area contributed by atoms with Crippen molar-refractivity contribution in [2.45, 2.75) is 60.4 Å². The van der Waals surface area contributed by atoms with Gasteiger partial charge < -0.3 is 14.9 Å². The van der Waals surface area contributed by atoms with Gasteiger partial charge in [0.15, 0.2) is 0 Å². The zero-order valence-corrected chi connectivity index (χ0v) is 14.8. The van der Waals surface area contributed by atoms with Gasteiger partial charge in [0.2, 0.25) is 0 Å². The maximum atomic E-state index is 13.5. The highest BCUT2D eigenvalue weighted by Gasteiger charge is 2.93. The molecule has 0 aromatic rings. The van der Waals surface area contributed by atoms with Gasteiger partial charge in [0.05, 0.1) is 19.8 Å². The highest BCUT2D eigenvalue weighted by Crippen LogP contribution is 2.63. The first-order chi connectivity index (χ1) is 13.9. The zero-order valence-electron chi connectivity index (χ0n) is 14.8. The molecule has 1 atom stereocenters. The van der Waals surface area contributed by atoms with Crippen molar-refractivity contribution < 1.29 is 85.2 Å². The van der Waals surface area contributed by atoms with Crippen LogP contribution in [0, 0.1) is 0 Å². The van der Waals surface area contributed by atoms with Crippen molar-refractivity contribution in [3.05, 3.63) is 0 Å². The van der Waals surface area contributed by atoms with Crippen LogP contribution in [0.1, 0.15) is 6.42 Å². The molecule has 0 saturated carbocycles. The molecule has 0 amide bonds. The van der Waals surface area contributed by atoms with Gasteiger partial charge in [0, 0.05) is 6.42 Å². The molecule has 19 heteroatoms. The molecule has 3 nitrogen and oxygen atoms in total. The Bertz CT molecular complexity index is 620. The molecule has 0 bridgehead atoms. The summed E-state index contributed by atoms with van der Waals surface area (Å²) in [6, 6.07) is 0. The van der Waals surface area contributed by atoms with Crippen molar-refractivity contribution in [3.63, 3.8) is 0 Å². The zero-order chi connectivity index (χ0) is 26.2. The van der Waals surface area contributed by atoms with Gasteiger partial charge in [-0.15, -0.1) is 0 Å². The maximum absolute atomic E-state index is 13.5. The largest absolute Gasteiger partial charge is 0.394 e. The van der Waals surface area contributed by atoms with Crippen molar-refractivity contribution in [2.75, 3.05) is 19.8 Å². The van der Waals surface area contributed by atoms with E-state index < -0.39 is 80.2 Å². The Morgan fingerprint density at radius 3 is 1.38 bits per heavy atom. The van der Waals surface area contributed by atoms with Gasteiger partial charge in [-0.2, -0.15) is 61.5 Å². The minimum atomic E-state index is -8.43. The molecular formula is C13H12F16O3. The minimum absolute atomic E-state index is 1.08. The Morgan fingerprint density at radius 2 is 1.00 bits per heavy atom. The van der Waals surface area contributed by atoms with Gasteiger partial charge >= 0.3 is 47.9 Å². The van der Waals surface area contributed by atoms with Crippen molar-refractivity contribution in [1.29, 1.82) is 0 Å². The molecule has 32 heavy (non-hydrogen) atoms. The predicted molar refractivity (Wildman–Crippen MR) is 69.2 cm³/mol. The molecule has 0 spiro atoms. The van der Waals surface area contributed by atoms with Crippen LogP contribution >= 0.6 is 0 Å². The predicted octanol–water partition coefficient (Wildman–Crippen LogP) is 4.46. The smallest absolute Gasteiger partial charge is 0.384 e. The van der Waals surface area contributed by atoms with E-state index in [2.05, 4.69) is 4.74 Å². The standard InChI is InChI=1S/C13H12F16O3/c14-6(15)8(18,19)10(22,23)12(26,27)13(28,29)11(24,25)9(20,21)7(16,17)1-2-32-4-5(31)3-30/h5-6,30-31H,1-4H2. The second kappa shape index (κ2) is 9.19. The van der Waals surface area contributed by atoms with E-state index in [9.17, 15) is 70.2 Å². The summed E-state index contributed by atoms with van der Waals surface area (Å²) in [4.78, 5) is 0. The van der Waals surface area contributed by atoms with E-state index >= 15 is 0 Å². The van der Waals surface area contributed by atoms with E-state index in [0.29, 0.717) is 0 Å². The number of aliphatic hydroxyl groups excluding tert-OH is 2. The van der Waals surface area contributed by atoms with Gasteiger partial charge in [0.1, 0.15) is 6.10 Å². The lowest BCUT2D eigenvalue weighted by Crippen LogP contribution is -2.73. The van der Waals surface area contributed by atoms with E-state index in [1.165, 1.54) is 0 Å². The lowest BCUT2D eigenvalue weighted by atomic mass is 9.88. The molecule has 0 aliphatic rings. The number of hydrogen-bond acceptors (Lipinski definition) is 3. The fourth-order valence-corrected chi connectivity index (χ4v) is 1.80. The third-order valence-corrected chi connectivity index (χ3v) is 3.81. The van der Waals surface area contributed by atoms with Crippen LogP contribution in [-0.4, -0.2) is 84.0 Å². The third kappa shape index (κ3) is 4.69. The van der Waals surface area contributed by atoms with E-state index in [4.69, 9.17) is 10.2 Å². The third-order valence-electron chi connectivity index (χ3n) is 3.81. The summed E-state index contributed by atoms with van der Waals surface area (Å²) >= 11 is 0. The average molecular weight is 520 g/mol. The topological polar surface area (TPSA) is 49.7 Å². The average Bonchev–Trinajstić information content (AvgIpc) is 2.63. The SMILES string of the molecule is OCC(O)COCCC(F)(F)C(F)(F)C(F)(F)C(F)(F)C(F)(F)C(F)(F)C(F)(F)C(F)F. The molecule has 194 valence electrons. The van der Waals surface area contributed by atoms with Crippen molar-refractivity contribution in [1.82, 2.24) is 0 Å². The molecule has 0 fully saturated rings. The number of ether oxygens (including phenoxy) is 1. The summed E-state index contributed by atoms with van der Waals surface area (Å²) in [5.41, 5.74) is 0. The monoisotopic (exact) mass is 520 g/mol. The minimum Gasteiger partial charge on any atom is -0.394 e. The number of alkyl halides is 16. The van der Waals surface area contributed by atoms with Gasteiger partial charge in [0.25, 0.3) is 0 Å². The molecule has 0 rings (SSSR count). The Balaban J connectivity index is 6.10. The number of aliphatic hydroxyl groups is 2. The first kappa shape index (κ1) is 30.8. The van der Waals surface area contributed by atoms with E-state index in [1.54, 1.807) is 0 Å². The Hall–Kier alpha value is -1.24. The van der Waals surface area contributed by atoms with E-state index in [1.807, 2.05) is 0 Å². The van der Waals surface area contributed by atoms with Crippen LogP contribution in [-0.2, 0) is 4.74 Å². The fourth-order valence-electron chi connectivity index (χ4n) is 1.80. The summed E-state index contributed by atoms with van der Waals surface area (Å²) in [7, 11) is 0. The van der Waals surface area contributed by atoms with Crippen molar-refractivity contribution in [3.8, 4) is 0 Å². The molecule has 0 saturated heterocycles. The van der Waals surface area contributed by atoms with E-state index in [0.717, 1.165) is 0 Å². The molecule has 0 aromatic heterocycles. The Kier molecular flexibility index (Phi) is 8.83. The van der Waals surface area contributed by atoms with Crippen LogP contribution in [0.2, 0.25) is 0 Å². The summed E-state index contributed by atoms with van der Waals surface area (Å²) in [6.07, 6.45) is -10.4. The summed E-state index contributed by atoms with van der Waals surface area (Å²) < 4.78 is 213. The van der Waals surface area contributed by atoms with Crippen molar-refractivity contribution >= 4 is 0 Å². The Morgan fingerprint density at radius 1 is 0.625 bits per heavy atom. The highest BCUT2D eigenvalue weighted by atomic mass is 19.4. The lowest BCUT2D eigenvalue weighted by Gasteiger charge is -2.42. The van der Waals surface area contributed by atoms with Gasteiger partial charge in [-0.25, -0.2) is 8.78 Å². The first-order valence-corrected chi connectivity index (χ1v) is 7.69. The fraction of sp³-hybridized carbons (Fsp3) is 1.00. The van der Waals surface area contributed by atoms with E-state index in [-0.39, 0.29) is 0 Å². The molecular weight excluding hydrogens is 508 g/mol. The molecule has 0 aromatic carbocycles. The second-order valence-corrected chi connectivity index (χ2v) is 6.16. The van der Waals surface area contributed by atoms with Crippen LogP contribution in [0.3, 0.4) is 0 Å².